The fourth-order valence-electron chi connectivity index (χ4n) is 3.07. The van der Waals surface area contributed by atoms with Gasteiger partial charge in [0.05, 0.1) is 23.1 Å². The number of hydrazine groups is 1. The molecule has 9 heteroatoms. The zero-order chi connectivity index (χ0) is 17.5. The van der Waals surface area contributed by atoms with E-state index in [1.165, 1.54) is 15.5 Å². The second kappa shape index (κ2) is 6.07. The van der Waals surface area contributed by atoms with Crippen molar-refractivity contribution < 1.29 is 16.8 Å². The maximum absolute atomic E-state index is 13.2. The second-order valence-electron chi connectivity index (χ2n) is 6.01. The first kappa shape index (κ1) is 17.3. The Morgan fingerprint density at radius 1 is 1.17 bits per heavy atom. The molecule has 0 spiro atoms. The Balaban J connectivity index is 2.13. The van der Waals surface area contributed by atoms with Gasteiger partial charge < -0.3 is 0 Å². The highest BCUT2D eigenvalue weighted by atomic mass is 32.2. The summed E-state index contributed by atoms with van der Waals surface area (Å²) in [4.78, 5) is 4.28. The predicted octanol–water partition coefficient (Wildman–Crippen LogP) is 0.889. The summed E-state index contributed by atoms with van der Waals surface area (Å²) >= 11 is 0. The lowest BCUT2D eigenvalue weighted by atomic mass is 10.2. The van der Waals surface area contributed by atoms with Gasteiger partial charge in [0.15, 0.2) is 9.84 Å². The van der Waals surface area contributed by atoms with Crippen LogP contribution in [0, 0.1) is 0 Å². The fraction of sp³-hybridized carbons (Fsp3) is 0.400. The minimum Gasteiger partial charge on any atom is -0.255 e. The molecule has 0 amide bonds. The summed E-state index contributed by atoms with van der Waals surface area (Å²) in [5.74, 6) is -0.159. The van der Waals surface area contributed by atoms with Crippen LogP contribution < -0.4 is 0 Å². The Kier molecular flexibility index (Phi) is 4.37. The van der Waals surface area contributed by atoms with Crippen LogP contribution in [0.2, 0.25) is 0 Å². The van der Waals surface area contributed by atoms with Gasteiger partial charge in [-0.3, -0.25) is 4.98 Å². The van der Waals surface area contributed by atoms with Crippen molar-refractivity contribution in [3.05, 3.63) is 36.5 Å². The first-order valence-electron chi connectivity index (χ1n) is 7.48. The Bertz CT molecular complexity index is 966. The summed E-state index contributed by atoms with van der Waals surface area (Å²) in [6.07, 6.45) is 1.83. The molecule has 0 aliphatic carbocycles. The number of hydrogen-bond donors (Lipinski definition) is 0. The smallest absolute Gasteiger partial charge is 0.255 e. The Morgan fingerprint density at radius 2 is 1.88 bits per heavy atom. The zero-order valence-corrected chi connectivity index (χ0v) is 15.1. The molecule has 0 N–H and O–H groups in total. The summed E-state index contributed by atoms with van der Waals surface area (Å²) < 4.78 is 51.2. The number of para-hydroxylation sites is 1. The molecule has 0 unspecified atom stereocenters. The monoisotopic (exact) mass is 369 g/mol. The molecule has 1 atom stereocenters. The minimum atomic E-state index is -3.93. The molecule has 0 radical (unpaired) electrons. The van der Waals surface area contributed by atoms with Crippen molar-refractivity contribution in [1.82, 2.24) is 14.4 Å². The van der Waals surface area contributed by atoms with Crippen LogP contribution in [0.3, 0.4) is 0 Å². The molecule has 2 aromatic rings. The first-order valence-corrected chi connectivity index (χ1v) is 10.7. The number of nitrogens with zero attached hydrogens (tertiary/aromatic N) is 3. The van der Waals surface area contributed by atoms with E-state index in [0.717, 1.165) is 5.39 Å². The number of rotatable bonds is 4. The molecule has 0 saturated carbocycles. The molecular weight excluding hydrogens is 350 g/mol. The first-order chi connectivity index (χ1) is 11.2. The molecule has 1 aliphatic rings. The predicted molar refractivity (Wildman–Crippen MR) is 91.5 cm³/mol. The van der Waals surface area contributed by atoms with Crippen LogP contribution in [0.5, 0.6) is 0 Å². The largest absolute Gasteiger partial charge is 0.258 e. The molecule has 130 valence electrons. The lowest BCUT2D eigenvalue weighted by Gasteiger charge is -2.32. The summed E-state index contributed by atoms with van der Waals surface area (Å²) in [6.45, 7) is 0. The zero-order valence-electron chi connectivity index (χ0n) is 13.5. The maximum Gasteiger partial charge on any atom is 0.258 e. The molecule has 1 aromatic carbocycles. The molecule has 2 heterocycles. The van der Waals surface area contributed by atoms with Gasteiger partial charge in [-0.05, 0) is 18.6 Å². The van der Waals surface area contributed by atoms with E-state index in [9.17, 15) is 16.8 Å². The molecule has 3 rings (SSSR count). The highest BCUT2D eigenvalue weighted by Gasteiger charge is 2.40. The van der Waals surface area contributed by atoms with Crippen LogP contribution in [-0.2, 0) is 19.9 Å². The summed E-state index contributed by atoms with van der Waals surface area (Å²) in [7, 11) is -3.94. The van der Waals surface area contributed by atoms with Crippen molar-refractivity contribution in [2.24, 2.45) is 0 Å². The van der Waals surface area contributed by atoms with Crippen molar-refractivity contribution in [1.29, 1.82) is 0 Å². The summed E-state index contributed by atoms with van der Waals surface area (Å²) in [5.41, 5.74) is 0.382. The number of hydrogen-bond acceptors (Lipinski definition) is 6. The van der Waals surface area contributed by atoms with Crippen molar-refractivity contribution in [3.63, 3.8) is 0 Å². The third kappa shape index (κ3) is 3.04. The standard InChI is InChI=1S/C15H19N3O4S2/c1-17(2)18(13-8-10-23(19,20)11-13)24(21,22)14-7-3-5-12-6-4-9-16-15(12)14/h3-7,9,13H,8,10-11H2,1-2H3/t13-/m0/s1. The van der Waals surface area contributed by atoms with Crippen LogP contribution >= 0.6 is 0 Å². The van der Waals surface area contributed by atoms with Gasteiger partial charge in [0.2, 0.25) is 0 Å². The van der Waals surface area contributed by atoms with E-state index in [1.807, 2.05) is 0 Å². The Hall–Kier alpha value is -1.55. The number of fused-ring (bicyclic) bond motifs is 1. The van der Waals surface area contributed by atoms with E-state index >= 15 is 0 Å². The van der Waals surface area contributed by atoms with Gasteiger partial charge in [-0.2, -0.15) is 0 Å². The van der Waals surface area contributed by atoms with Crippen molar-refractivity contribution >= 4 is 30.8 Å². The SMILES string of the molecule is CN(C)N([C@H]1CCS(=O)(=O)C1)S(=O)(=O)c1cccc2cccnc12. The molecule has 1 aliphatic heterocycles. The maximum atomic E-state index is 13.2. The van der Waals surface area contributed by atoms with Crippen molar-refractivity contribution in [2.75, 3.05) is 25.6 Å². The molecule has 7 nitrogen and oxygen atoms in total. The third-order valence-corrected chi connectivity index (χ3v) is 7.79. The van der Waals surface area contributed by atoms with Crippen LogP contribution in [0.15, 0.2) is 41.4 Å². The van der Waals surface area contributed by atoms with Gasteiger partial charge in [-0.25, -0.2) is 21.8 Å². The Labute approximate surface area is 141 Å². The van der Waals surface area contributed by atoms with E-state index in [0.29, 0.717) is 5.52 Å². The van der Waals surface area contributed by atoms with Gasteiger partial charge in [0.1, 0.15) is 4.90 Å². The van der Waals surface area contributed by atoms with Gasteiger partial charge >= 0.3 is 0 Å². The lowest BCUT2D eigenvalue weighted by molar-refractivity contribution is 0.0894. The quantitative estimate of drug-likeness (QED) is 0.744. The summed E-state index contributed by atoms with van der Waals surface area (Å²) in [5, 5.41) is 2.15. The van der Waals surface area contributed by atoms with Crippen LogP contribution in [0.4, 0.5) is 0 Å². The molecule has 1 saturated heterocycles. The average Bonchev–Trinajstić information content (AvgIpc) is 2.85. The highest BCUT2D eigenvalue weighted by Crippen LogP contribution is 2.29. The lowest BCUT2D eigenvalue weighted by Crippen LogP contribution is -2.49. The average molecular weight is 369 g/mol. The number of sulfonamides is 1. The van der Waals surface area contributed by atoms with Crippen molar-refractivity contribution in [3.8, 4) is 0 Å². The topological polar surface area (TPSA) is 87.7 Å². The highest BCUT2D eigenvalue weighted by molar-refractivity contribution is 7.92. The molecule has 1 aromatic heterocycles. The normalized spacial score (nSPS) is 20.9. The summed E-state index contributed by atoms with van der Waals surface area (Å²) in [6, 6.07) is 7.89. The van der Waals surface area contributed by atoms with Gasteiger partial charge in [-0.15, -0.1) is 4.41 Å². The van der Waals surface area contributed by atoms with E-state index in [4.69, 9.17) is 0 Å². The molecule has 0 bridgehead atoms. The minimum absolute atomic E-state index is 0.00527. The van der Waals surface area contributed by atoms with E-state index in [1.54, 1.807) is 44.6 Å². The molecule has 24 heavy (non-hydrogen) atoms. The molecule has 1 fully saturated rings. The van der Waals surface area contributed by atoms with E-state index < -0.39 is 25.9 Å². The van der Waals surface area contributed by atoms with Crippen LogP contribution in [-0.4, -0.2) is 62.9 Å². The molecular formula is C15H19N3O4S2. The number of pyridine rings is 1. The van der Waals surface area contributed by atoms with E-state index in [-0.39, 0.29) is 22.8 Å². The number of benzene rings is 1. The van der Waals surface area contributed by atoms with Crippen molar-refractivity contribution in [2.45, 2.75) is 17.4 Å². The third-order valence-electron chi connectivity index (χ3n) is 4.03. The Morgan fingerprint density at radius 3 is 2.50 bits per heavy atom. The van der Waals surface area contributed by atoms with Crippen LogP contribution in [0.1, 0.15) is 6.42 Å². The second-order valence-corrected chi connectivity index (χ2v) is 10.0. The number of aromatic nitrogens is 1. The van der Waals surface area contributed by atoms with Gasteiger partial charge in [0, 0.05) is 25.7 Å². The van der Waals surface area contributed by atoms with Gasteiger partial charge in [0.25, 0.3) is 10.0 Å². The fourth-order valence-corrected chi connectivity index (χ4v) is 6.73. The van der Waals surface area contributed by atoms with Gasteiger partial charge in [-0.1, -0.05) is 18.2 Å². The van der Waals surface area contributed by atoms with Crippen LogP contribution in [0.25, 0.3) is 10.9 Å². The van der Waals surface area contributed by atoms with E-state index in [2.05, 4.69) is 4.98 Å². The number of sulfone groups is 1.